The van der Waals surface area contributed by atoms with Crippen LogP contribution >= 0.6 is 0 Å². The molecule has 34 heavy (non-hydrogen) atoms. The number of aromatic nitrogens is 2. The van der Waals surface area contributed by atoms with Crippen LogP contribution in [0.4, 0.5) is 0 Å². The number of aliphatic carboxylic acids is 1. The summed E-state index contributed by atoms with van der Waals surface area (Å²) in [5, 5.41) is 11.4. The first kappa shape index (κ1) is 21.6. The Kier molecular flexibility index (Phi) is 6.21. The molecule has 0 aliphatic heterocycles. The summed E-state index contributed by atoms with van der Waals surface area (Å²) in [5.74, 6) is 0.727. The van der Waals surface area contributed by atoms with Crippen molar-refractivity contribution in [2.24, 2.45) is 0 Å². The molecule has 2 aromatic heterocycles. The van der Waals surface area contributed by atoms with Gasteiger partial charge in [0.2, 0.25) is 0 Å². The summed E-state index contributed by atoms with van der Waals surface area (Å²) in [6.45, 7) is 1.11. The SMILES string of the molecule is O=C(O)Cn1c2ccccc2c2ccc(OCCCCOc3ccc(-n4cccc4)cc3)cc21. The number of fused-ring (bicyclic) bond motifs is 3. The normalized spacial score (nSPS) is 11.2. The Balaban J connectivity index is 1.15. The van der Waals surface area contributed by atoms with Crippen molar-refractivity contribution in [1.29, 1.82) is 0 Å². The van der Waals surface area contributed by atoms with Gasteiger partial charge in [-0.3, -0.25) is 4.79 Å². The van der Waals surface area contributed by atoms with Crippen molar-refractivity contribution in [3.63, 3.8) is 0 Å². The number of para-hydroxylation sites is 1. The minimum Gasteiger partial charge on any atom is -0.494 e. The molecule has 6 heteroatoms. The molecule has 1 N–H and O–H groups in total. The van der Waals surface area contributed by atoms with E-state index in [1.807, 2.05) is 95.8 Å². The molecule has 0 aliphatic rings. The monoisotopic (exact) mass is 454 g/mol. The summed E-state index contributed by atoms with van der Waals surface area (Å²) in [7, 11) is 0. The van der Waals surface area contributed by atoms with E-state index in [1.165, 1.54) is 0 Å². The van der Waals surface area contributed by atoms with Crippen LogP contribution in [0.5, 0.6) is 11.5 Å². The number of carboxylic acid groups (broad SMARTS) is 1. The summed E-state index contributed by atoms with van der Waals surface area (Å²) < 4.78 is 15.7. The van der Waals surface area contributed by atoms with Gasteiger partial charge < -0.3 is 23.7 Å². The number of hydrogen-bond acceptors (Lipinski definition) is 3. The quantitative estimate of drug-likeness (QED) is 0.267. The van der Waals surface area contributed by atoms with Crippen LogP contribution < -0.4 is 9.47 Å². The van der Waals surface area contributed by atoms with Gasteiger partial charge in [-0.25, -0.2) is 0 Å². The predicted molar refractivity (Wildman–Crippen MR) is 133 cm³/mol. The molecular formula is C28H26N2O4. The lowest BCUT2D eigenvalue weighted by Gasteiger charge is -2.10. The minimum absolute atomic E-state index is 0.0861. The topological polar surface area (TPSA) is 65.6 Å². The van der Waals surface area contributed by atoms with E-state index in [9.17, 15) is 9.90 Å². The molecule has 2 heterocycles. The van der Waals surface area contributed by atoms with Crippen LogP contribution in [0.3, 0.4) is 0 Å². The van der Waals surface area contributed by atoms with E-state index < -0.39 is 5.97 Å². The molecule has 0 saturated carbocycles. The third kappa shape index (κ3) is 4.62. The second-order valence-corrected chi connectivity index (χ2v) is 8.16. The standard InChI is InChI=1S/C28H26N2O4/c31-28(32)20-30-26-8-2-1-7-24(26)25-14-13-23(19-27(25)30)34-18-6-5-17-33-22-11-9-21(10-12-22)29-15-3-4-16-29/h1-4,7-16,19H,5-6,17-18,20H2,(H,31,32). The van der Waals surface area contributed by atoms with E-state index in [1.54, 1.807) is 0 Å². The molecule has 0 radical (unpaired) electrons. The second-order valence-electron chi connectivity index (χ2n) is 8.16. The molecule has 3 aromatic carbocycles. The van der Waals surface area contributed by atoms with Crippen LogP contribution in [0, 0.1) is 0 Å². The first-order valence-electron chi connectivity index (χ1n) is 11.4. The van der Waals surface area contributed by atoms with Crippen LogP contribution in [0.1, 0.15) is 12.8 Å². The van der Waals surface area contributed by atoms with E-state index in [4.69, 9.17) is 9.47 Å². The Hall–Kier alpha value is -4.19. The average molecular weight is 455 g/mol. The van der Waals surface area contributed by atoms with Crippen molar-refractivity contribution in [2.75, 3.05) is 13.2 Å². The lowest BCUT2D eigenvalue weighted by Crippen LogP contribution is -2.08. The second kappa shape index (κ2) is 9.75. The molecule has 172 valence electrons. The molecule has 6 nitrogen and oxygen atoms in total. The average Bonchev–Trinajstić information content (AvgIpc) is 3.49. The zero-order chi connectivity index (χ0) is 23.3. The van der Waals surface area contributed by atoms with Gasteiger partial charge >= 0.3 is 5.97 Å². The molecule has 0 unspecified atom stereocenters. The van der Waals surface area contributed by atoms with Crippen molar-refractivity contribution in [2.45, 2.75) is 19.4 Å². The fourth-order valence-corrected chi connectivity index (χ4v) is 4.23. The highest BCUT2D eigenvalue weighted by atomic mass is 16.5. The Morgan fingerprint density at radius 1 is 0.735 bits per heavy atom. The molecule has 0 fully saturated rings. The number of hydrogen-bond donors (Lipinski definition) is 1. The molecule has 0 atom stereocenters. The summed E-state index contributed by atoms with van der Waals surface area (Å²) in [4.78, 5) is 11.4. The van der Waals surface area contributed by atoms with Crippen molar-refractivity contribution < 1.29 is 19.4 Å². The lowest BCUT2D eigenvalue weighted by molar-refractivity contribution is -0.137. The summed E-state index contributed by atoms with van der Waals surface area (Å²) in [6, 6.07) is 25.8. The first-order chi connectivity index (χ1) is 16.7. The minimum atomic E-state index is -0.867. The lowest BCUT2D eigenvalue weighted by atomic mass is 10.1. The number of ether oxygens (including phenoxy) is 2. The highest BCUT2D eigenvalue weighted by Crippen LogP contribution is 2.31. The fraction of sp³-hybridized carbons (Fsp3) is 0.179. The number of unbranched alkanes of at least 4 members (excludes halogenated alkanes) is 1. The van der Waals surface area contributed by atoms with Gasteiger partial charge in [0.15, 0.2) is 0 Å². The molecule has 0 amide bonds. The van der Waals surface area contributed by atoms with Gasteiger partial charge in [0.1, 0.15) is 18.0 Å². The fourth-order valence-electron chi connectivity index (χ4n) is 4.23. The molecule has 5 aromatic rings. The van der Waals surface area contributed by atoms with E-state index in [0.717, 1.165) is 51.8 Å². The molecule has 5 rings (SSSR count). The number of nitrogens with zero attached hydrogens (tertiary/aromatic N) is 2. The molecular weight excluding hydrogens is 428 g/mol. The summed E-state index contributed by atoms with van der Waals surface area (Å²) in [5.41, 5.74) is 2.88. The van der Waals surface area contributed by atoms with Gasteiger partial charge in [0.05, 0.1) is 18.7 Å². The number of rotatable bonds is 10. The van der Waals surface area contributed by atoms with Gasteiger partial charge in [-0.15, -0.1) is 0 Å². The Morgan fingerprint density at radius 2 is 1.38 bits per heavy atom. The number of carboxylic acids is 1. The maximum Gasteiger partial charge on any atom is 0.323 e. The Morgan fingerprint density at radius 3 is 2.12 bits per heavy atom. The third-order valence-corrected chi connectivity index (χ3v) is 5.85. The van der Waals surface area contributed by atoms with Crippen molar-refractivity contribution in [3.05, 3.63) is 91.3 Å². The van der Waals surface area contributed by atoms with Crippen molar-refractivity contribution in [1.82, 2.24) is 9.13 Å². The van der Waals surface area contributed by atoms with Crippen LogP contribution in [-0.4, -0.2) is 33.4 Å². The summed E-state index contributed by atoms with van der Waals surface area (Å²) >= 11 is 0. The predicted octanol–water partition coefficient (Wildman–Crippen LogP) is 5.91. The van der Waals surface area contributed by atoms with Crippen LogP contribution in [-0.2, 0) is 11.3 Å². The molecule has 0 aliphatic carbocycles. The Labute approximate surface area is 197 Å². The van der Waals surface area contributed by atoms with Crippen molar-refractivity contribution >= 4 is 27.8 Å². The van der Waals surface area contributed by atoms with Gasteiger partial charge in [-0.2, -0.15) is 0 Å². The molecule has 0 saturated heterocycles. The van der Waals surface area contributed by atoms with Gasteiger partial charge in [-0.05, 0) is 67.4 Å². The summed E-state index contributed by atoms with van der Waals surface area (Å²) in [6.07, 6.45) is 5.76. The van der Waals surface area contributed by atoms with Gasteiger partial charge in [0, 0.05) is 40.4 Å². The van der Waals surface area contributed by atoms with Crippen molar-refractivity contribution in [3.8, 4) is 17.2 Å². The molecule has 0 bridgehead atoms. The zero-order valence-corrected chi connectivity index (χ0v) is 18.8. The van der Waals surface area contributed by atoms with Gasteiger partial charge in [0.25, 0.3) is 0 Å². The number of carbonyl (C=O) groups is 1. The van der Waals surface area contributed by atoms with E-state index in [2.05, 4.69) is 4.57 Å². The van der Waals surface area contributed by atoms with Crippen LogP contribution in [0.15, 0.2) is 91.3 Å². The van der Waals surface area contributed by atoms with Gasteiger partial charge in [-0.1, -0.05) is 18.2 Å². The maximum atomic E-state index is 11.4. The largest absolute Gasteiger partial charge is 0.494 e. The molecule has 0 spiro atoms. The first-order valence-corrected chi connectivity index (χ1v) is 11.4. The van der Waals surface area contributed by atoms with E-state index >= 15 is 0 Å². The Bertz CT molecular complexity index is 1400. The highest BCUT2D eigenvalue weighted by molar-refractivity contribution is 6.08. The smallest absolute Gasteiger partial charge is 0.323 e. The van der Waals surface area contributed by atoms with Crippen LogP contribution in [0.2, 0.25) is 0 Å². The zero-order valence-electron chi connectivity index (χ0n) is 18.8. The number of benzene rings is 3. The maximum absolute atomic E-state index is 11.4. The van der Waals surface area contributed by atoms with E-state index in [0.29, 0.717) is 13.2 Å². The van der Waals surface area contributed by atoms with Crippen LogP contribution in [0.25, 0.3) is 27.5 Å². The van der Waals surface area contributed by atoms with E-state index in [-0.39, 0.29) is 6.54 Å². The third-order valence-electron chi connectivity index (χ3n) is 5.85. The highest BCUT2D eigenvalue weighted by Gasteiger charge is 2.13.